The second-order valence-electron chi connectivity index (χ2n) is 8.16. The quantitative estimate of drug-likeness (QED) is 0.603. The largest absolute Gasteiger partial charge is 0.376 e. The molecule has 3 rings (SSSR count). The first kappa shape index (κ1) is 25.2. The van der Waals surface area contributed by atoms with Crippen molar-refractivity contribution in [2.45, 2.75) is 29.1 Å². The van der Waals surface area contributed by atoms with Gasteiger partial charge in [-0.15, -0.1) is 0 Å². The van der Waals surface area contributed by atoms with E-state index >= 15 is 0 Å². The van der Waals surface area contributed by atoms with Crippen LogP contribution in [0.1, 0.15) is 19.3 Å². The summed E-state index contributed by atoms with van der Waals surface area (Å²) in [6.45, 7) is 0.524. The van der Waals surface area contributed by atoms with E-state index in [1.807, 2.05) is 0 Å². The molecule has 1 amide bonds. The van der Waals surface area contributed by atoms with Crippen LogP contribution in [0.25, 0.3) is 0 Å². The lowest BCUT2D eigenvalue weighted by molar-refractivity contribution is -0.116. The van der Waals surface area contributed by atoms with Crippen LogP contribution in [-0.4, -0.2) is 72.1 Å². The van der Waals surface area contributed by atoms with Crippen LogP contribution in [-0.2, 0) is 24.8 Å². The van der Waals surface area contributed by atoms with Crippen LogP contribution in [0.15, 0.2) is 58.3 Å². The first-order valence-electron chi connectivity index (χ1n) is 10.7. The summed E-state index contributed by atoms with van der Waals surface area (Å²) in [5.41, 5.74) is 0.906. The molecule has 1 fully saturated rings. The summed E-state index contributed by atoms with van der Waals surface area (Å²) in [6.07, 6.45) is 2.65. The topological polar surface area (TPSA) is 107 Å². The van der Waals surface area contributed by atoms with Crippen LogP contribution < -0.4 is 10.2 Å². The first-order valence-corrected chi connectivity index (χ1v) is 13.5. The normalized spacial score (nSPS) is 15.4. The van der Waals surface area contributed by atoms with E-state index in [1.54, 1.807) is 43.3 Å². The molecule has 0 radical (unpaired) electrons. The Morgan fingerprint density at radius 1 is 0.909 bits per heavy atom. The standard InChI is InChI=1S/C22H30N4O5S2/c1-24(2)21-13-12-19(33(30,31)26-14-8-5-9-15-26)16-20(21)23-22(27)17-25(3)32(28,29)18-10-6-4-7-11-18/h4,6-7,10-13,16H,5,8-9,14-15,17H2,1-3H3,(H,23,27). The summed E-state index contributed by atoms with van der Waals surface area (Å²) < 4.78 is 54.0. The zero-order valence-electron chi connectivity index (χ0n) is 19.1. The minimum absolute atomic E-state index is 0.0869. The predicted octanol–water partition coefficient (Wildman–Crippen LogP) is 2.19. The fraction of sp³-hybridized carbons (Fsp3) is 0.409. The highest BCUT2D eigenvalue weighted by atomic mass is 32.2. The zero-order valence-corrected chi connectivity index (χ0v) is 20.7. The third-order valence-corrected chi connectivity index (χ3v) is 9.21. The smallest absolute Gasteiger partial charge is 0.243 e. The molecule has 0 spiro atoms. The molecule has 1 heterocycles. The molecule has 0 saturated carbocycles. The van der Waals surface area contributed by atoms with Crippen molar-refractivity contribution in [3.63, 3.8) is 0 Å². The number of amides is 1. The van der Waals surface area contributed by atoms with Gasteiger partial charge in [0.2, 0.25) is 26.0 Å². The minimum Gasteiger partial charge on any atom is -0.376 e. The third-order valence-electron chi connectivity index (χ3n) is 5.49. The number of hydrogen-bond acceptors (Lipinski definition) is 6. The number of sulfonamides is 2. The maximum absolute atomic E-state index is 13.1. The summed E-state index contributed by atoms with van der Waals surface area (Å²) in [4.78, 5) is 14.7. The molecule has 0 bridgehead atoms. The number of likely N-dealkylation sites (N-methyl/N-ethyl adjacent to an activating group) is 1. The molecule has 0 atom stereocenters. The Balaban J connectivity index is 1.83. The van der Waals surface area contributed by atoms with Crippen LogP contribution in [0, 0.1) is 0 Å². The monoisotopic (exact) mass is 494 g/mol. The lowest BCUT2D eigenvalue weighted by Crippen LogP contribution is -2.36. The molecule has 11 heteroatoms. The molecule has 0 aliphatic carbocycles. The molecule has 0 unspecified atom stereocenters. The number of anilines is 2. The van der Waals surface area contributed by atoms with Crippen LogP contribution in [0.2, 0.25) is 0 Å². The third kappa shape index (κ3) is 5.72. The van der Waals surface area contributed by atoms with Crippen LogP contribution >= 0.6 is 0 Å². The van der Waals surface area contributed by atoms with Gasteiger partial charge in [0.05, 0.1) is 27.7 Å². The van der Waals surface area contributed by atoms with E-state index in [9.17, 15) is 21.6 Å². The van der Waals surface area contributed by atoms with E-state index in [1.165, 1.54) is 35.6 Å². The second kappa shape index (κ2) is 10.2. The van der Waals surface area contributed by atoms with E-state index in [4.69, 9.17) is 0 Å². The molecular formula is C22H30N4O5S2. The summed E-state index contributed by atoms with van der Waals surface area (Å²) in [6, 6.07) is 12.4. The fourth-order valence-electron chi connectivity index (χ4n) is 3.67. The van der Waals surface area contributed by atoms with Gasteiger partial charge in [-0.25, -0.2) is 16.8 Å². The Bertz CT molecular complexity index is 1190. The number of hydrogen-bond donors (Lipinski definition) is 1. The molecule has 1 saturated heterocycles. The average molecular weight is 495 g/mol. The van der Waals surface area contributed by atoms with E-state index in [0.29, 0.717) is 24.5 Å². The molecule has 1 N–H and O–H groups in total. The van der Waals surface area contributed by atoms with Crippen molar-refractivity contribution < 1.29 is 21.6 Å². The fourth-order valence-corrected chi connectivity index (χ4v) is 6.36. The zero-order chi connectivity index (χ0) is 24.2. The number of rotatable bonds is 8. The lowest BCUT2D eigenvalue weighted by Gasteiger charge is -2.27. The number of piperidine rings is 1. The molecule has 180 valence electrons. The minimum atomic E-state index is -3.84. The van der Waals surface area contributed by atoms with Gasteiger partial charge in [-0.05, 0) is 43.2 Å². The lowest BCUT2D eigenvalue weighted by atomic mass is 10.2. The van der Waals surface area contributed by atoms with E-state index in [-0.39, 0.29) is 9.79 Å². The highest BCUT2D eigenvalue weighted by molar-refractivity contribution is 7.89. The van der Waals surface area contributed by atoms with Crippen molar-refractivity contribution in [1.82, 2.24) is 8.61 Å². The molecule has 2 aromatic carbocycles. The van der Waals surface area contributed by atoms with Crippen LogP contribution in [0.5, 0.6) is 0 Å². The predicted molar refractivity (Wildman–Crippen MR) is 128 cm³/mol. The molecule has 2 aromatic rings. The van der Waals surface area contributed by atoms with E-state index in [2.05, 4.69) is 5.32 Å². The molecular weight excluding hydrogens is 464 g/mol. The molecule has 33 heavy (non-hydrogen) atoms. The van der Waals surface area contributed by atoms with Gasteiger partial charge in [-0.3, -0.25) is 4.79 Å². The maximum atomic E-state index is 13.1. The van der Waals surface area contributed by atoms with Gasteiger partial charge in [-0.1, -0.05) is 24.6 Å². The van der Waals surface area contributed by atoms with Gasteiger partial charge in [-0.2, -0.15) is 8.61 Å². The van der Waals surface area contributed by atoms with Gasteiger partial charge in [0.25, 0.3) is 0 Å². The van der Waals surface area contributed by atoms with E-state index in [0.717, 1.165) is 23.6 Å². The highest BCUT2D eigenvalue weighted by Gasteiger charge is 2.28. The summed E-state index contributed by atoms with van der Waals surface area (Å²) >= 11 is 0. The summed E-state index contributed by atoms with van der Waals surface area (Å²) in [7, 11) is -2.65. The van der Waals surface area contributed by atoms with Crippen LogP contribution in [0.4, 0.5) is 11.4 Å². The molecule has 1 aliphatic rings. The second-order valence-corrected chi connectivity index (χ2v) is 12.1. The van der Waals surface area contributed by atoms with Crippen LogP contribution in [0.3, 0.4) is 0 Å². The Labute approximate surface area is 196 Å². The summed E-state index contributed by atoms with van der Waals surface area (Å²) in [5, 5.41) is 2.69. The van der Waals surface area contributed by atoms with Crippen molar-refractivity contribution in [2.75, 3.05) is 51.0 Å². The van der Waals surface area contributed by atoms with Crippen molar-refractivity contribution in [1.29, 1.82) is 0 Å². The van der Waals surface area contributed by atoms with Gasteiger partial charge >= 0.3 is 0 Å². The Morgan fingerprint density at radius 3 is 2.15 bits per heavy atom. The van der Waals surface area contributed by atoms with Gasteiger partial charge in [0, 0.05) is 34.2 Å². The van der Waals surface area contributed by atoms with Gasteiger partial charge < -0.3 is 10.2 Å². The first-order chi connectivity index (χ1) is 15.5. The van der Waals surface area contributed by atoms with E-state index < -0.39 is 32.5 Å². The summed E-state index contributed by atoms with van der Waals surface area (Å²) in [5.74, 6) is -0.576. The van der Waals surface area contributed by atoms with Crippen molar-refractivity contribution >= 4 is 37.3 Å². The van der Waals surface area contributed by atoms with Gasteiger partial charge in [0.15, 0.2) is 0 Å². The number of nitrogens with zero attached hydrogens (tertiary/aromatic N) is 3. The highest BCUT2D eigenvalue weighted by Crippen LogP contribution is 2.30. The maximum Gasteiger partial charge on any atom is 0.243 e. The SMILES string of the molecule is CN(C)c1ccc(S(=O)(=O)N2CCCCC2)cc1NC(=O)CN(C)S(=O)(=O)c1ccccc1. The molecule has 0 aromatic heterocycles. The number of benzene rings is 2. The van der Waals surface area contributed by atoms with Crippen molar-refractivity contribution in [2.24, 2.45) is 0 Å². The van der Waals surface area contributed by atoms with Gasteiger partial charge in [0.1, 0.15) is 0 Å². The number of nitrogens with one attached hydrogen (secondary N) is 1. The Morgan fingerprint density at radius 2 is 1.55 bits per heavy atom. The Hall–Kier alpha value is -2.47. The van der Waals surface area contributed by atoms with Crippen molar-refractivity contribution in [3.05, 3.63) is 48.5 Å². The Kier molecular flexibility index (Phi) is 7.78. The van der Waals surface area contributed by atoms with Crippen molar-refractivity contribution in [3.8, 4) is 0 Å². The molecule has 9 nitrogen and oxygen atoms in total. The molecule has 1 aliphatic heterocycles. The number of carbonyl (C=O) groups excluding carboxylic acids is 1. The number of carbonyl (C=O) groups is 1. The average Bonchev–Trinajstić information content (AvgIpc) is 2.79.